The number of thiocarbonyl (C=S) groups is 1. The Labute approximate surface area is 160 Å². The Morgan fingerprint density at radius 1 is 1.15 bits per heavy atom. The summed E-state index contributed by atoms with van der Waals surface area (Å²) in [5, 5.41) is 7.16. The highest BCUT2D eigenvalue weighted by Crippen LogP contribution is 2.28. The van der Waals surface area contributed by atoms with Crippen molar-refractivity contribution in [3.8, 4) is 0 Å². The van der Waals surface area contributed by atoms with Crippen LogP contribution in [-0.4, -0.2) is 17.6 Å². The summed E-state index contributed by atoms with van der Waals surface area (Å²) in [6.07, 6.45) is 1.55. The first-order valence-corrected chi connectivity index (χ1v) is 9.40. The van der Waals surface area contributed by atoms with Gasteiger partial charge >= 0.3 is 0 Å². The number of rotatable bonds is 4. The lowest BCUT2D eigenvalue weighted by Crippen LogP contribution is -2.31. The first-order chi connectivity index (χ1) is 12.5. The Balaban J connectivity index is 1.70. The standard InChI is InChI=1S/C21H25N3OS/c1-14-7-4-5-8-18(14)16(3)22-21(26)23-17-11-10-15(2)19(13-17)24-12-6-9-20(24)25/h4-5,7-8,10-11,13,16H,6,9,12H2,1-3H3,(H2,22,23,26)/t16-/m1/s1. The lowest BCUT2D eigenvalue weighted by molar-refractivity contribution is -0.117. The van der Waals surface area contributed by atoms with Crippen LogP contribution in [0.5, 0.6) is 0 Å². The van der Waals surface area contributed by atoms with E-state index in [0.29, 0.717) is 11.5 Å². The lowest BCUT2D eigenvalue weighted by atomic mass is 10.0. The minimum Gasteiger partial charge on any atom is -0.356 e. The monoisotopic (exact) mass is 367 g/mol. The van der Waals surface area contributed by atoms with Gasteiger partial charge in [0.15, 0.2) is 5.11 Å². The third-order valence-electron chi connectivity index (χ3n) is 4.83. The van der Waals surface area contributed by atoms with E-state index in [1.807, 2.05) is 42.2 Å². The fraction of sp³-hybridized carbons (Fsp3) is 0.333. The molecule has 2 aromatic rings. The number of aryl methyl sites for hydroxylation is 2. The molecule has 1 aliphatic rings. The minimum atomic E-state index is 0.112. The van der Waals surface area contributed by atoms with E-state index in [4.69, 9.17) is 12.2 Å². The average Bonchev–Trinajstić information content (AvgIpc) is 3.02. The SMILES string of the molecule is Cc1ccccc1[C@@H](C)NC(=S)Nc1ccc(C)c(N2CCCC2=O)c1. The molecular formula is C21H25N3OS. The van der Waals surface area contributed by atoms with Gasteiger partial charge in [-0.2, -0.15) is 0 Å². The normalized spacial score (nSPS) is 15.0. The summed E-state index contributed by atoms with van der Waals surface area (Å²) >= 11 is 5.49. The molecule has 0 aliphatic carbocycles. The Bertz CT molecular complexity index is 834. The molecule has 0 bridgehead atoms. The predicted octanol–water partition coefficient (Wildman–Crippen LogP) is 4.48. The molecule has 0 spiro atoms. The number of carbonyl (C=O) groups excluding carboxylic acids is 1. The topological polar surface area (TPSA) is 44.4 Å². The van der Waals surface area contributed by atoms with E-state index in [0.717, 1.165) is 29.9 Å². The van der Waals surface area contributed by atoms with Gasteiger partial charge in [-0.05, 0) is 68.2 Å². The van der Waals surface area contributed by atoms with Crippen molar-refractivity contribution in [3.63, 3.8) is 0 Å². The number of benzene rings is 2. The molecule has 0 saturated carbocycles. The summed E-state index contributed by atoms with van der Waals surface area (Å²) in [5.74, 6) is 0.194. The van der Waals surface area contributed by atoms with Crippen LogP contribution in [0, 0.1) is 13.8 Å². The molecule has 5 heteroatoms. The van der Waals surface area contributed by atoms with Crippen molar-refractivity contribution in [2.45, 2.75) is 39.7 Å². The molecule has 2 aromatic carbocycles. The van der Waals surface area contributed by atoms with E-state index < -0.39 is 0 Å². The molecular weight excluding hydrogens is 342 g/mol. The molecule has 0 unspecified atom stereocenters. The smallest absolute Gasteiger partial charge is 0.227 e. The van der Waals surface area contributed by atoms with Crippen molar-refractivity contribution >= 4 is 34.6 Å². The quantitative estimate of drug-likeness (QED) is 0.782. The molecule has 0 radical (unpaired) electrons. The van der Waals surface area contributed by atoms with Crippen LogP contribution in [0.2, 0.25) is 0 Å². The summed E-state index contributed by atoms with van der Waals surface area (Å²) in [6.45, 7) is 7.01. The van der Waals surface area contributed by atoms with Gasteiger partial charge < -0.3 is 15.5 Å². The largest absolute Gasteiger partial charge is 0.356 e. The molecule has 0 aromatic heterocycles. The zero-order valence-corrected chi connectivity index (χ0v) is 16.3. The van der Waals surface area contributed by atoms with Gasteiger partial charge in [0, 0.05) is 24.3 Å². The highest BCUT2D eigenvalue weighted by Gasteiger charge is 2.23. The van der Waals surface area contributed by atoms with Crippen LogP contribution >= 0.6 is 12.2 Å². The van der Waals surface area contributed by atoms with Crippen LogP contribution in [-0.2, 0) is 4.79 Å². The predicted molar refractivity (Wildman–Crippen MR) is 112 cm³/mol. The maximum absolute atomic E-state index is 12.1. The third-order valence-corrected chi connectivity index (χ3v) is 5.05. The number of anilines is 2. The van der Waals surface area contributed by atoms with Crippen molar-refractivity contribution in [1.82, 2.24) is 5.32 Å². The Hall–Kier alpha value is -2.40. The highest BCUT2D eigenvalue weighted by molar-refractivity contribution is 7.80. The number of nitrogens with zero attached hydrogens (tertiary/aromatic N) is 1. The number of hydrogen-bond donors (Lipinski definition) is 2. The van der Waals surface area contributed by atoms with Gasteiger partial charge in [-0.1, -0.05) is 30.3 Å². The maximum atomic E-state index is 12.1. The number of carbonyl (C=O) groups is 1. The van der Waals surface area contributed by atoms with Crippen LogP contribution in [0.25, 0.3) is 0 Å². The van der Waals surface area contributed by atoms with E-state index in [-0.39, 0.29) is 11.9 Å². The van der Waals surface area contributed by atoms with E-state index in [9.17, 15) is 4.79 Å². The molecule has 1 fully saturated rings. The Morgan fingerprint density at radius 2 is 1.92 bits per heavy atom. The molecule has 1 aliphatic heterocycles. The van der Waals surface area contributed by atoms with Gasteiger partial charge in [-0.3, -0.25) is 4.79 Å². The van der Waals surface area contributed by atoms with Crippen molar-refractivity contribution < 1.29 is 4.79 Å². The van der Waals surface area contributed by atoms with Crippen LogP contribution in [0.3, 0.4) is 0 Å². The third kappa shape index (κ3) is 4.05. The fourth-order valence-corrected chi connectivity index (χ4v) is 3.69. The van der Waals surface area contributed by atoms with Crippen molar-refractivity contribution in [2.24, 2.45) is 0 Å². The van der Waals surface area contributed by atoms with Crippen molar-refractivity contribution in [3.05, 3.63) is 59.2 Å². The Morgan fingerprint density at radius 3 is 2.62 bits per heavy atom. The molecule has 3 rings (SSSR count). The molecule has 26 heavy (non-hydrogen) atoms. The summed E-state index contributed by atoms with van der Waals surface area (Å²) in [4.78, 5) is 13.9. The van der Waals surface area contributed by atoms with Crippen molar-refractivity contribution in [2.75, 3.05) is 16.8 Å². The molecule has 1 heterocycles. The van der Waals surface area contributed by atoms with Gasteiger partial charge in [0.2, 0.25) is 5.91 Å². The second-order valence-electron chi connectivity index (χ2n) is 6.83. The number of nitrogens with one attached hydrogen (secondary N) is 2. The zero-order valence-electron chi connectivity index (χ0n) is 15.5. The Kier molecular flexibility index (Phi) is 5.57. The van der Waals surface area contributed by atoms with Crippen LogP contribution in [0.15, 0.2) is 42.5 Å². The maximum Gasteiger partial charge on any atom is 0.227 e. The molecule has 4 nitrogen and oxygen atoms in total. The fourth-order valence-electron chi connectivity index (χ4n) is 3.40. The highest BCUT2D eigenvalue weighted by atomic mass is 32.1. The minimum absolute atomic E-state index is 0.112. The molecule has 1 atom stereocenters. The van der Waals surface area contributed by atoms with Crippen LogP contribution in [0.4, 0.5) is 11.4 Å². The molecule has 1 amide bonds. The molecule has 1 saturated heterocycles. The summed E-state index contributed by atoms with van der Waals surface area (Å²) in [5.41, 5.74) is 5.41. The van der Waals surface area contributed by atoms with E-state index in [1.165, 1.54) is 11.1 Å². The van der Waals surface area contributed by atoms with Gasteiger partial charge in [0.1, 0.15) is 0 Å². The first kappa shape index (κ1) is 18.4. The van der Waals surface area contributed by atoms with Gasteiger partial charge in [0.05, 0.1) is 6.04 Å². The van der Waals surface area contributed by atoms with Gasteiger partial charge in [-0.15, -0.1) is 0 Å². The van der Waals surface area contributed by atoms with Crippen molar-refractivity contribution in [1.29, 1.82) is 0 Å². The summed E-state index contributed by atoms with van der Waals surface area (Å²) < 4.78 is 0. The zero-order chi connectivity index (χ0) is 18.7. The van der Waals surface area contributed by atoms with E-state index in [2.05, 4.69) is 36.6 Å². The van der Waals surface area contributed by atoms with E-state index >= 15 is 0 Å². The summed E-state index contributed by atoms with van der Waals surface area (Å²) in [7, 11) is 0. The van der Waals surface area contributed by atoms with E-state index in [1.54, 1.807) is 0 Å². The lowest BCUT2D eigenvalue weighted by Gasteiger charge is -2.21. The van der Waals surface area contributed by atoms with Gasteiger partial charge in [0.25, 0.3) is 0 Å². The second kappa shape index (κ2) is 7.87. The number of hydrogen-bond acceptors (Lipinski definition) is 2. The van der Waals surface area contributed by atoms with Crippen LogP contribution < -0.4 is 15.5 Å². The first-order valence-electron chi connectivity index (χ1n) is 9.00. The second-order valence-corrected chi connectivity index (χ2v) is 7.24. The average molecular weight is 368 g/mol. The van der Waals surface area contributed by atoms with Gasteiger partial charge in [-0.25, -0.2) is 0 Å². The molecule has 2 N–H and O–H groups in total. The molecule has 136 valence electrons. The van der Waals surface area contributed by atoms with Crippen LogP contribution in [0.1, 0.15) is 42.5 Å². The number of amides is 1. The summed E-state index contributed by atoms with van der Waals surface area (Å²) in [6, 6.07) is 14.4.